The summed E-state index contributed by atoms with van der Waals surface area (Å²) < 4.78 is 0. The van der Waals surface area contributed by atoms with E-state index in [0.29, 0.717) is 0 Å². The molecule has 0 unspecified atom stereocenters. The van der Waals surface area contributed by atoms with Gasteiger partial charge in [-0.05, 0) is 57.7 Å². The summed E-state index contributed by atoms with van der Waals surface area (Å²) in [4.78, 5) is 0. The van der Waals surface area contributed by atoms with Crippen LogP contribution < -0.4 is 5.32 Å². The van der Waals surface area contributed by atoms with Gasteiger partial charge in [0.2, 0.25) is 0 Å². The molecular weight excluding hydrogens is 194 g/mol. The highest BCUT2D eigenvalue weighted by Crippen LogP contribution is 2.16. The van der Waals surface area contributed by atoms with Crippen LogP contribution in [0.25, 0.3) is 0 Å². The molecule has 0 saturated heterocycles. The molecule has 0 amide bonds. The molecule has 0 aliphatic carbocycles. The fraction of sp³-hybridized carbons (Fsp3) is 0.600. The van der Waals surface area contributed by atoms with Crippen molar-refractivity contribution in [1.82, 2.24) is 5.32 Å². The average Bonchev–Trinajstić information content (AvgIpc) is 2.29. The van der Waals surface area contributed by atoms with Crippen molar-refractivity contribution in [1.29, 1.82) is 0 Å². The van der Waals surface area contributed by atoms with Crippen LogP contribution in [-0.4, -0.2) is 12.6 Å². The quantitative estimate of drug-likeness (QED) is 0.771. The second kappa shape index (κ2) is 6.05. The first-order valence-electron chi connectivity index (χ1n) is 6.35. The van der Waals surface area contributed by atoms with Gasteiger partial charge in [0.05, 0.1) is 0 Å². The Morgan fingerprint density at radius 1 is 1.12 bits per heavy atom. The molecule has 1 rings (SSSR count). The van der Waals surface area contributed by atoms with Gasteiger partial charge in [-0.1, -0.05) is 31.2 Å². The van der Waals surface area contributed by atoms with Crippen LogP contribution in [0.1, 0.15) is 44.7 Å². The van der Waals surface area contributed by atoms with Crippen molar-refractivity contribution >= 4 is 0 Å². The highest BCUT2D eigenvalue weighted by atomic mass is 14.9. The number of rotatable bonds is 6. The molecular formula is C15H25N. The summed E-state index contributed by atoms with van der Waals surface area (Å²) in [5.74, 6) is 0. The van der Waals surface area contributed by atoms with E-state index in [0.717, 1.165) is 6.42 Å². The van der Waals surface area contributed by atoms with Crippen molar-refractivity contribution in [2.24, 2.45) is 0 Å². The summed E-state index contributed by atoms with van der Waals surface area (Å²) in [6.07, 6.45) is 4.83. The Kier molecular flexibility index (Phi) is 5.01. The van der Waals surface area contributed by atoms with E-state index in [-0.39, 0.29) is 5.54 Å². The first-order valence-corrected chi connectivity index (χ1v) is 6.35. The molecule has 0 aromatic heterocycles. The van der Waals surface area contributed by atoms with E-state index in [4.69, 9.17) is 0 Å². The van der Waals surface area contributed by atoms with Crippen molar-refractivity contribution in [3.8, 4) is 0 Å². The number of hydrogen-bond donors (Lipinski definition) is 1. The van der Waals surface area contributed by atoms with Crippen molar-refractivity contribution in [3.63, 3.8) is 0 Å². The number of aryl methyl sites for hydroxylation is 2. The Balaban J connectivity index is 2.49. The SMILES string of the molecule is CCc1ccccc1CCCC(C)(C)NC. The maximum atomic E-state index is 3.36. The van der Waals surface area contributed by atoms with Gasteiger partial charge in [0, 0.05) is 5.54 Å². The van der Waals surface area contributed by atoms with Crippen LogP contribution in [0.5, 0.6) is 0 Å². The fourth-order valence-corrected chi connectivity index (χ4v) is 1.99. The minimum atomic E-state index is 0.265. The van der Waals surface area contributed by atoms with Gasteiger partial charge in [-0.25, -0.2) is 0 Å². The molecule has 1 N–H and O–H groups in total. The highest BCUT2D eigenvalue weighted by Gasteiger charge is 2.13. The van der Waals surface area contributed by atoms with E-state index in [9.17, 15) is 0 Å². The molecule has 0 spiro atoms. The molecule has 0 aliphatic rings. The van der Waals surface area contributed by atoms with Gasteiger partial charge in [-0.2, -0.15) is 0 Å². The predicted molar refractivity (Wildman–Crippen MR) is 71.9 cm³/mol. The van der Waals surface area contributed by atoms with E-state index in [1.54, 1.807) is 0 Å². The molecule has 16 heavy (non-hydrogen) atoms. The number of benzene rings is 1. The van der Waals surface area contributed by atoms with E-state index in [2.05, 4.69) is 50.4 Å². The standard InChI is InChI=1S/C15H25N/c1-5-13-9-6-7-10-14(13)11-8-12-15(2,3)16-4/h6-7,9-10,16H,5,8,11-12H2,1-4H3. The Morgan fingerprint density at radius 3 is 2.31 bits per heavy atom. The summed E-state index contributed by atoms with van der Waals surface area (Å²) in [5, 5.41) is 3.36. The molecule has 1 nitrogen and oxygen atoms in total. The Hall–Kier alpha value is -0.820. The van der Waals surface area contributed by atoms with Crippen LogP contribution in [0, 0.1) is 0 Å². The van der Waals surface area contributed by atoms with Gasteiger partial charge in [0.15, 0.2) is 0 Å². The lowest BCUT2D eigenvalue weighted by Crippen LogP contribution is -2.35. The first kappa shape index (κ1) is 13.2. The lowest BCUT2D eigenvalue weighted by molar-refractivity contribution is 0.382. The molecule has 0 bridgehead atoms. The molecule has 1 heteroatoms. The molecule has 0 radical (unpaired) electrons. The molecule has 0 fully saturated rings. The van der Waals surface area contributed by atoms with Crippen molar-refractivity contribution in [2.45, 2.75) is 52.0 Å². The van der Waals surface area contributed by atoms with Crippen LogP contribution in [0.3, 0.4) is 0 Å². The third kappa shape index (κ3) is 3.97. The zero-order chi connectivity index (χ0) is 12.0. The molecule has 90 valence electrons. The Bertz CT molecular complexity index is 315. The van der Waals surface area contributed by atoms with E-state index in [1.165, 1.54) is 30.4 Å². The minimum absolute atomic E-state index is 0.265. The van der Waals surface area contributed by atoms with E-state index < -0.39 is 0 Å². The summed E-state index contributed by atoms with van der Waals surface area (Å²) >= 11 is 0. The van der Waals surface area contributed by atoms with E-state index in [1.807, 2.05) is 7.05 Å². The van der Waals surface area contributed by atoms with Crippen molar-refractivity contribution in [3.05, 3.63) is 35.4 Å². The van der Waals surface area contributed by atoms with Crippen LogP contribution in [0.2, 0.25) is 0 Å². The zero-order valence-corrected chi connectivity index (χ0v) is 11.1. The fourth-order valence-electron chi connectivity index (χ4n) is 1.99. The lowest BCUT2D eigenvalue weighted by Gasteiger charge is -2.24. The van der Waals surface area contributed by atoms with Crippen LogP contribution in [0.15, 0.2) is 24.3 Å². The zero-order valence-electron chi connectivity index (χ0n) is 11.1. The Morgan fingerprint density at radius 2 is 1.75 bits per heavy atom. The molecule has 1 aromatic rings. The summed E-state index contributed by atoms with van der Waals surface area (Å²) in [6.45, 7) is 6.76. The third-order valence-electron chi connectivity index (χ3n) is 3.42. The third-order valence-corrected chi connectivity index (χ3v) is 3.42. The normalized spacial score (nSPS) is 11.8. The highest BCUT2D eigenvalue weighted by molar-refractivity contribution is 5.27. The van der Waals surface area contributed by atoms with Gasteiger partial charge < -0.3 is 5.32 Å². The average molecular weight is 219 g/mol. The predicted octanol–water partition coefficient (Wildman–Crippen LogP) is 3.57. The lowest BCUT2D eigenvalue weighted by atomic mass is 9.94. The van der Waals surface area contributed by atoms with Crippen LogP contribution in [0.4, 0.5) is 0 Å². The summed E-state index contributed by atoms with van der Waals surface area (Å²) in [5.41, 5.74) is 3.29. The van der Waals surface area contributed by atoms with Gasteiger partial charge in [-0.3, -0.25) is 0 Å². The van der Waals surface area contributed by atoms with Crippen LogP contribution in [-0.2, 0) is 12.8 Å². The van der Waals surface area contributed by atoms with Crippen molar-refractivity contribution in [2.75, 3.05) is 7.05 Å². The molecule has 1 aromatic carbocycles. The molecule has 0 saturated carbocycles. The molecule has 0 atom stereocenters. The smallest absolute Gasteiger partial charge is 0.0122 e. The largest absolute Gasteiger partial charge is 0.315 e. The molecule has 0 heterocycles. The monoisotopic (exact) mass is 219 g/mol. The maximum absolute atomic E-state index is 3.36. The first-order chi connectivity index (χ1) is 7.59. The minimum Gasteiger partial charge on any atom is -0.315 e. The summed E-state index contributed by atoms with van der Waals surface area (Å²) in [7, 11) is 2.04. The maximum Gasteiger partial charge on any atom is 0.0122 e. The molecule has 0 aliphatic heterocycles. The second-order valence-electron chi connectivity index (χ2n) is 5.11. The van der Waals surface area contributed by atoms with Gasteiger partial charge >= 0.3 is 0 Å². The van der Waals surface area contributed by atoms with Gasteiger partial charge in [0.1, 0.15) is 0 Å². The topological polar surface area (TPSA) is 12.0 Å². The van der Waals surface area contributed by atoms with Gasteiger partial charge in [-0.15, -0.1) is 0 Å². The number of hydrogen-bond acceptors (Lipinski definition) is 1. The van der Waals surface area contributed by atoms with E-state index >= 15 is 0 Å². The Labute approximate surface area is 100 Å². The second-order valence-corrected chi connectivity index (χ2v) is 5.11. The van der Waals surface area contributed by atoms with Gasteiger partial charge in [0.25, 0.3) is 0 Å². The van der Waals surface area contributed by atoms with Crippen molar-refractivity contribution < 1.29 is 0 Å². The number of nitrogens with one attached hydrogen (secondary N) is 1. The summed E-state index contributed by atoms with van der Waals surface area (Å²) in [6, 6.07) is 8.81. The van der Waals surface area contributed by atoms with Crippen LogP contribution >= 0.6 is 0 Å².